The summed E-state index contributed by atoms with van der Waals surface area (Å²) in [7, 11) is 1.52. The number of halogens is 2. The van der Waals surface area contributed by atoms with Crippen LogP contribution in [0.2, 0.25) is 0 Å². The van der Waals surface area contributed by atoms with Crippen LogP contribution in [0.5, 0.6) is 0 Å². The zero-order chi connectivity index (χ0) is 11.0. The summed E-state index contributed by atoms with van der Waals surface area (Å²) in [4.78, 5) is 11.2. The van der Waals surface area contributed by atoms with Gasteiger partial charge in [-0.2, -0.15) is 0 Å². The van der Waals surface area contributed by atoms with E-state index >= 15 is 0 Å². The van der Waals surface area contributed by atoms with Gasteiger partial charge in [0.2, 0.25) is 0 Å². The number of nitrogens with one attached hydrogen (secondary N) is 1. The minimum absolute atomic E-state index is 0.160. The van der Waals surface area contributed by atoms with Crippen LogP contribution in [-0.4, -0.2) is 7.05 Å². The zero-order valence-electron chi connectivity index (χ0n) is 7.80. The number of anilines is 1. The van der Waals surface area contributed by atoms with Crippen molar-refractivity contribution in [1.82, 2.24) is 0 Å². The van der Waals surface area contributed by atoms with E-state index in [2.05, 4.69) is 5.32 Å². The third-order valence-electron chi connectivity index (χ3n) is 2.02. The van der Waals surface area contributed by atoms with Gasteiger partial charge >= 0.3 is 5.63 Å². The van der Waals surface area contributed by atoms with Gasteiger partial charge in [-0.05, 0) is 12.1 Å². The first-order valence-corrected chi connectivity index (χ1v) is 4.22. The van der Waals surface area contributed by atoms with Crippen LogP contribution in [0.25, 0.3) is 11.0 Å². The third-order valence-corrected chi connectivity index (χ3v) is 2.02. The van der Waals surface area contributed by atoms with E-state index in [4.69, 9.17) is 4.42 Å². The van der Waals surface area contributed by atoms with Crippen LogP contribution in [0, 0.1) is 11.6 Å². The maximum atomic E-state index is 13.2. The summed E-state index contributed by atoms with van der Waals surface area (Å²) in [5.41, 5.74) is -0.761. The van der Waals surface area contributed by atoms with Gasteiger partial charge in [0.05, 0.1) is 0 Å². The molecule has 0 saturated carbocycles. The molecule has 0 bridgehead atoms. The first-order chi connectivity index (χ1) is 7.11. The Labute approximate surface area is 83.3 Å². The van der Waals surface area contributed by atoms with Crippen molar-refractivity contribution in [1.29, 1.82) is 0 Å². The van der Waals surface area contributed by atoms with Gasteiger partial charge in [-0.25, -0.2) is 13.6 Å². The van der Waals surface area contributed by atoms with Crippen molar-refractivity contribution in [3.8, 4) is 0 Å². The lowest BCUT2D eigenvalue weighted by molar-refractivity contribution is 0.518. The molecule has 1 N–H and O–H groups in total. The number of hydrogen-bond acceptors (Lipinski definition) is 3. The topological polar surface area (TPSA) is 42.2 Å². The van der Waals surface area contributed by atoms with Crippen LogP contribution in [0.4, 0.5) is 14.5 Å². The maximum Gasteiger partial charge on any atom is 0.359 e. The molecule has 0 aliphatic heterocycles. The molecule has 1 heterocycles. The predicted molar refractivity (Wildman–Crippen MR) is 51.9 cm³/mol. The standard InChI is InChI=1S/C10H7F2NO2/c1-13-8-3-5-2-6(11)4-7(12)9(5)15-10(8)14/h2-4,13H,1H3. The highest BCUT2D eigenvalue weighted by Crippen LogP contribution is 2.20. The fraction of sp³-hybridized carbons (Fsp3) is 0.100. The lowest BCUT2D eigenvalue weighted by atomic mass is 10.2. The second kappa shape index (κ2) is 3.34. The van der Waals surface area contributed by atoms with E-state index in [0.717, 1.165) is 6.07 Å². The lowest BCUT2D eigenvalue weighted by Gasteiger charge is -2.01. The molecule has 0 saturated heterocycles. The molecule has 5 heteroatoms. The van der Waals surface area contributed by atoms with Crippen molar-refractivity contribution in [2.45, 2.75) is 0 Å². The molecule has 1 aromatic carbocycles. The van der Waals surface area contributed by atoms with Crippen molar-refractivity contribution >= 4 is 16.7 Å². The van der Waals surface area contributed by atoms with Crippen molar-refractivity contribution < 1.29 is 13.2 Å². The molecule has 2 rings (SSSR count). The van der Waals surface area contributed by atoms with Crippen molar-refractivity contribution in [2.24, 2.45) is 0 Å². The molecule has 2 aromatic rings. The number of fused-ring (bicyclic) bond motifs is 1. The normalized spacial score (nSPS) is 10.6. The van der Waals surface area contributed by atoms with Crippen molar-refractivity contribution in [3.05, 3.63) is 40.3 Å². The molecule has 1 aromatic heterocycles. The molecule has 0 aliphatic carbocycles. The Kier molecular flexibility index (Phi) is 2.15. The average Bonchev–Trinajstić information content (AvgIpc) is 2.18. The summed E-state index contributed by atoms with van der Waals surface area (Å²) >= 11 is 0. The van der Waals surface area contributed by atoms with E-state index in [0.29, 0.717) is 6.07 Å². The molecular weight excluding hydrogens is 204 g/mol. The van der Waals surface area contributed by atoms with Crippen LogP contribution >= 0.6 is 0 Å². The van der Waals surface area contributed by atoms with Crippen LogP contribution in [0.1, 0.15) is 0 Å². The summed E-state index contributed by atoms with van der Waals surface area (Å²) < 4.78 is 30.7. The largest absolute Gasteiger partial charge is 0.418 e. The molecule has 0 aliphatic rings. The van der Waals surface area contributed by atoms with E-state index in [9.17, 15) is 13.6 Å². The van der Waals surface area contributed by atoms with E-state index in [1.807, 2.05) is 0 Å². The number of rotatable bonds is 1. The smallest absolute Gasteiger partial charge is 0.359 e. The summed E-state index contributed by atoms with van der Waals surface area (Å²) in [6.07, 6.45) is 0. The Morgan fingerprint density at radius 1 is 1.27 bits per heavy atom. The molecular formula is C10H7F2NO2. The van der Waals surface area contributed by atoms with E-state index < -0.39 is 17.3 Å². The molecule has 0 atom stereocenters. The van der Waals surface area contributed by atoms with Gasteiger partial charge in [-0.15, -0.1) is 0 Å². The second-order valence-corrected chi connectivity index (χ2v) is 3.00. The molecule has 0 unspecified atom stereocenters. The molecule has 0 amide bonds. The predicted octanol–water partition coefficient (Wildman–Crippen LogP) is 2.11. The molecule has 0 radical (unpaired) electrons. The Morgan fingerprint density at radius 2 is 2.00 bits per heavy atom. The van der Waals surface area contributed by atoms with Crippen LogP contribution in [-0.2, 0) is 0 Å². The lowest BCUT2D eigenvalue weighted by Crippen LogP contribution is -2.06. The summed E-state index contributed by atoms with van der Waals surface area (Å²) in [5.74, 6) is -1.60. The minimum Gasteiger partial charge on any atom is -0.418 e. The monoisotopic (exact) mass is 211 g/mol. The molecule has 15 heavy (non-hydrogen) atoms. The Morgan fingerprint density at radius 3 is 2.67 bits per heavy atom. The Hall–Kier alpha value is -1.91. The molecule has 0 spiro atoms. The number of benzene rings is 1. The SMILES string of the molecule is CNc1cc2cc(F)cc(F)c2oc1=O. The third kappa shape index (κ3) is 1.56. The van der Waals surface area contributed by atoms with E-state index in [-0.39, 0.29) is 16.7 Å². The van der Waals surface area contributed by atoms with Gasteiger partial charge < -0.3 is 9.73 Å². The van der Waals surface area contributed by atoms with Gasteiger partial charge in [-0.1, -0.05) is 0 Å². The van der Waals surface area contributed by atoms with Crippen LogP contribution < -0.4 is 10.9 Å². The highest BCUT2D eigenvalue weighted by molar-refractivity contribution is 5.80. The van der Waals surface area contributed by atoms with E-state index in [1.165, 1.54) is 13.1 Å². The average molecular weight is 211 g/mol. The summed E-state index contributed by atoms with van der Waals surface area (Å²) in [6.45, 7) is 0. The highest BCUT2D eigenvalue weighted by Gasteiger charge is 2.09. The maximum absolute atomic E-state index is 13.2. The highest BCUT2D eigenvalue weighted by atomic mass is 19.1. The number of hydrogen-bond donors (Lipinski definition) is 1. The second-order valence-electron chi connectivity index (χ2n) is 3.00. The van der Waals surface area contributed by atoms with Gasteiger partial charge in [0.25, 0.3) is 0 Å². The van der Waals surface area contributed by atoms with Crippen LogP contribution in [0.3, 0.4) is 0 Å². The molecule has 0 fully saturated rings. The van der Waals surface area contributed by atoms with Crippen molar-refractivity contribution in [3.63, 3.8) is 0 Å². The Balaban J connectivity index is 2.87. The van der Waals surface area contributed by atoms with Gasteiger partial charge in [0, 0.05) is 18.5 Å². The fourth-order valence-electron chi connectivity index (χ4n) is 1.33. The fourth-order valence-corrected chi connectivity index (χ4v) is 1.33. The summed E-state index contributed by atoms with van der Waals surface area (Å²) in [5, 5.41) is 2.78. The molecule has 3 nitrogen and oxygen atoms in total. The zero-order valence-corrected chi connectivity index (χ0v) is 7.80. The minimum atomic E-state index is -0.884. The first kappa shape index (κ1) is 9.64. The van der Waals surface area contributed by atoms with Gasteiger partial charge in [-0.3, -0.25) is 0 Å². The van der Waals surface area contributed by atoms with E-state index in [1.54, 1.807) is 0 Å². The molecule has 78 valence electrons. The van der Waals surface area contributed by atoms with Gasteiger partial charge in [0.1, 0.15) is 11.5 Å². The Bertz CT molecular complexity index is 577. The van der Waals surface area contributed by atoms with Crippen LogP contribution in [0.15, 0.2) is 27.4 Å². The quantitative estimate of drug-likeness (QED) is 0.734. The van der Waals surface area contributed by atoms with Crippen molar-refractivity contribution in [2.75, 3.05) is 12.4 Å². The van der Waals surface area contributed by atoms with Gasteiger partial charge in [0.15, 0.2) is 11.4 Å². The first-order valence-electron chi connectivity index (χ1n) is 4.22. The summed E-state index contributed by atoms with van der Waals surface area (Å²) in [6, 6.07) is 3.11.